The maximum atomic E-state index is 13.6. The molecule has 0 aliphatic carbocycles. The van der Waals surface area contributed by atoms with Crippen LogP contribution in [0.25, 0.3) is 0 Å². The standard InChI is InChI=1S/C16H21ClFN3/c1-5-21-15(16(17)11(3)20-21)9-14(19-4)12-6-10(2)7-13(18)8-12/h6-8,14,19H,5,9H2,1-4H3. The zero-order chi connectivity index (χ0) is 15.6. The van der Waals surface area contributed by atoms with Crippen LogP contribution in [-0.4, -0.2) is 16.8 Å². The predicted octanol–water partition coefficient (Wildman–Crippen LogP) is 3.82. The van der Waals surface area contributed by atoms with Gasteiger partial charge in [0.25, 0.3) is 0 Å². The molecule has 0 bridgehead atoms. The van der Waals surface area contributed by atoms with Gasteiger partial charge in [-0.2, -0.15) is 5.10 Å². The second-order valence-corrected chi connectivity index (χ2v) is 5.65. The maximum Gasteiger partial charge on any atom is 0.123 e. The molecule has 21 heavy (non-hydrogen) atoms. The van der Waals surface area contributed by atoms with Crippen molar-refractivity contribution in [3.8, 4) is 0 Å². The van der Waals surface area contributed by atoms with E-state index in [0.29, 0.717) is 11.4 Å². The highest BCUT2D eigenvalue weighted by molar-refractivity contribution is 6.31. The molecule has 0 spiro atoms. The molecule has 0 saturated carbocycles. The number of rotatable bonds is 5. The predicted molar refractivity (Wildman–Crippen MR) is 84.3 cm³/mol. The average molecular weight is 310 g/mol. The van der Waals surface area contributed by atoms with E-state index < -0.39 is 0 Å². The van der Waals surface area contributed by atoms with E-state index in [4.69, 9.17) is 11.6 Å². The third kappa shape index (κ3) is 3.44. The minimum atomic E-state index is -0.212. The summed E-state index contributed by atoms with van der Waals surface area (Å²) in [7, 11) is 1.87. The van der Waals surface area contributed by atoms with Gasteiger partial charge in [-0.25, -0.2) is 4.39 Å². The molecule has 3 nitrogen and oxygen atoms in total. The first-order valence-electron chi connectivity index (χ1n) is 7.12. The van der Waals surface area contributed by atoms with Gasteiger partial charge in [-0.15, -0.1) is 0 Å². The Hall–Kier alpha value is -1.39. The van der Waals surface area contributed by atoms with Crippen LogP contribution < -0.4 is 5.32 Å². The Morgan fingerprint density at radius 2 is 2.05 bits per heavy atom. The lowest BCUT2D eigenvalue weighted by atomic mass is 10.00. The lowest BCUT2D eigenvalue weighted by Gasteiger charge is -2.18. The topological polar surface area (TPSA) is 29.9 Å². The molecule has 0 fully saturated rings. The molecule has 2 aromatic rings. The van der Waals surface area contributed by atoms with E-state index in [9.17, 15) is 4.39 Å². The van der Waals surface area contributed by atoms with Gasteiger partial charge >= 0.3 is 0 Å². The van der Waals surface area contributed by atoms with E-state index in [2.05, 4.69) is 10.4 Å². The van der Waals surface area contributed by atoms with Gasteiger partial charge in [0, 0.05) is 19.0 Å². The van der Waals surface area contributed by atoms with Crippen LogP contribution >= 0.6 is 11.6 Å². The first-order chi connectivity index (χ1) is 9.96. The Balaban J connectivity index is 2.35. The highest BCUT2D eigenvalue weighted by atomic mass is 35.5. The number of aromatic nitrogens is 2. The molecular weight excluding hydrogens is 289 g/mol. The van der Waals surface area contributed by atoms with Gasteiger partial charge in [0.05, 0.1) is 16.4 Å². The van der Waals surface area contributed by atoms with Gasteiger partial charge in [0.15, 0.2) is 0 Å². The van der Waals surface area contributed by atoms with Crippen molar-refractivity contribution in [2.45, 2.75) is 39.8 Å². The highest BCUT2D eigenvalue weighted by Crippen LogP contribution is 2.27. The zero-order valence-electron chi connectivity index (χ0n) is 12.9. The molecule has 114 valence electrons. The molecule has 0 aliphatic heterocycles. The van der Waals surface area contributed by atoms with Gasteiger partial charge in [0.1, 0.15) is 5.82 Å². The maximum absolute atomic E-state index is 13.6. The Morgan fingerprint density at radius 1 is 1.33 bits per heavy atom. The molecule has 0 aliphatic rings. The van der Waals surface area contributed by atoms with Gasteiger partial charge in [-0.05, 0) is 51.1 Å². The van der Waals surface area contributed by atoms with Crippen molar-refractivity contribution in [2.24, 2.45) is 0 Å². The van der Waals surface area contributed by atoms with Crippen molar-refractivity contribution < 1.29 is 4.39 Å². The van der Waals surface area contributed by atoms with E-state index in [1.165, 1.54) is 6.07 Å². The van der Waals surface area contributed by atoms with E-state index in [1.807, 2.05) is 38.6 Å². The SMILES string of the molecule is CCn1nc(C)c(Cl)c1CC(NC)c1cc(C)cc(F)c1. The van der Waals surface area contributed by atoms with Gasteiger partial charge in [-0.1, -0.05) is 17.7 Å². The van der Waals surface area contributed by atoms with Crippen LogP contribution in [0, 0.1) is 19.7 Å². The van der Waals surface area contributed by atoms with E-state index in [0.717, 1.165) is 29.1 Å². The van der Waals surface area contributed by atoms with Crippen LogP contribution in [0.1, 0.15) is 35.5 Å². The van der Waals surface area contributed by atoms with Gasteiger partial charge < -0.3 is 5.32 Å². The number of nitrogens with one attached hydrogen (secondary N) is 1. The summed E-state index contributed by atoms with van der Waals surface area (Å²) >= 11 is 6.36. The molecule has 0 saturated heterocycles. The molecule has 2 rings (SSSR count). The molecule has 1 N–H and O–H groups in total. The van der Waals surface area contributed by atoms with Crippen molar-refractivity contribution in [1.29, 1.82) is 0 Å². The second-order valence-electron chi connectivity index (χ2n) is 5.27. The molecule has 0 amide bonds. The molecule has 1 aromatic carbocycles. The summed E-state index contributed by atoms with van der Waals surface area (Å²) in [5, 5.41) is 8.37. The van der Waals surface area contributed by atoms with Crippen LogP contribution in [0.5, 0.6) is 0 Å². The van der Waals surface area contributed by atoms with Crippen molar-refractivity contribution in [2.75, 3.05) is 7.05 Å². The fourth-order valence-corrected chi connectivity index (χ4v) is 2.82. The normalized spacial score (nSPS) is 12.7. The minimum Gasteiger partial charge on any atom is -0.313 e. The summed E-state index contributed by atoms with van der Waals surface area (Å²) in [6.07, 6.45) is 0.674. The zero-order valence-corrected chi connectivity index (χ0v) is 13.6. The van der Waals surface area contributed by atoms with E-state index in [1.54, 1.807) is 6.07 Å². The minimum absolute atomic E-state index is 0.00157. The lowest BCUT2D eigenvalue weighted by Crippen LogP contribution is -2.21. The molecule has 1 aromatic heterocycles. The molecule has 1 heterocycles. The van der Waals surface area contributed by atoms with Crippen molar-refractivity contribution in [3.05, 3.63) is 51.6 Å². The van der Waals surface area contributed by atoms with Crippen LogP contribution in [0.3, 0.4) is 0 Å². The fourth-order valence-electron chi connectivity index (χ4n) is 2.61. The monoisotopic (exact) mass is 309 g/mol. The highest BCUT2D eigenvalue weighted by Gasteiger charge is 2.19. The van der Waals surface area contributed by atoms with Crippen LogP contribution in [0.15, 0.2) is 18.2 Å². The van der Waals surface area contributed by atoms with E-state index in [-0.39, 0.29) is 11.9 Å². The van der Waals surface area contributed by atoms with Crippen molar-refractivity contribution in [1.82, 2.24) is 15.1 Å². The van der Waals surface area contributed by atoms with E-state index >= 15 is 0 Å². The summed E-state index contributed by atoms with van der Waals surface area (Å²) in [6.45, 7) is 6.60. The molecule has 5 heteroatoms. The third-order valence-electron chi connectivity index (χ3n) is 3.67. The molecular formula is C16H21ClFN3. The fraction of sp³-hybridized carbons (Fsp3) is 0.438. The van der Waals surface area contributed by atoms with Crippen molar-refractivity contribution >= 4 is 11.6 Å². The largest absolute Gasteiger partial charge is 0.313 e. The Labute approximate surface area is 130 Å². The quantitative estimate of drug-likeness (QED) is 0.910. The number of benzene rings is 1. The molecule has 1 unspecified atom stereocenters. The third-order valence-corrected chi connectivity index (χ3v) is 4.16. The number of nitrogens with zero attached hydrogens (tertiary/aromatic N) is 2. The number of hydrogen-bond donors (Lipinski definition) is 1. The first kappa shape index (κ1) is 16.0. The van der Waals surface area contributed by atoms with Gasteiger partial charge in [0.2, 0.25) is 0 Å². The van der Waals surface area contributed by atoms with Crippen molar-refractivity contribution in [3.63, 3.8) is 0 Å². The molecule has 0 radical (unpaired) electrons. The summed E-state index contributed by atoms with van der Waals surface area (Å²) in [5.41, 5.74) is 3.65. The summed E-state index contributed by atoms with van der Waals surface area (Å²) < 4.78 is 15.5. The second kappa shape index (κ2) is 6.58. The number of hydrogen-bond acceptors (Lipinski definition) is 2. The number of aryl methyl sites for hydroxylation is 3. The Kier molecular flexibility index (Phi) is 5.01. The van der Waals surface area contributed by atoms with Crippen LogP contribution in [0.4, 0.5) is 4.39 Å². The summed E-state index contributed by atoms with van der Waals surface area (Å²) in [5.74, 6) is -0.212. The molecule has 1 atom stereocenters. The number of halogens is 2. The number of likely N-dealkylation sites (N-methyl/N-ethyl adjacent to an activating group) is 1. The Bertz CT molecular complexity index is 616. The summed E-state index contributed by atoms with van der Waals surface area (Å²) in [4.78, 5) is 0. The lowest BCUT2D eigenvalue weighted by molar-refractivity contribution is 0.536. The first-order valence-corrected chi connectivity index (χ1v) is 7.50. The smallest absolute Gasteiger partial charge is 0.123 e. The summed E-state index contributed by atoms with van der Waals surface area (Å²) in [6, 6.07) is 5.10. The van der Waals surface area contributed by atoms with Gasteiger partial charge in [-0.3, -0.25) is 4.68 Å². The van der Waals surface area contributed by atoms with Crippen LogP contribution in [0.2, 0.25) is 5.02 Å². The average Bonchev–Trinajstić information content (AvgIpc) is 2.70. The van der Waals surface area contributed by atoms with Crippen LogP contribution in [-0.2, 0) is 13.0 Å². The Morgan fingerprint density at radius 3 is 2.62 bits per heavy atom.